The van der Waals surface area contributed by atoms with Crippen molar-refractivity contribution in [1.82, 2.24) is 9.55 Å². The predicted octanol–water partition coefficient (Wildman–Crippen LogP) is 14.3. The second-order valence-electron chi connectivity index (χ2n) is 14.0. The molecule has 0 amide bonds. The Morgan fingerprint density at radius 2 is 1.18 bits per heavy atom. The number of anilines is 3. The average molecular weight is 724 g/mol. The van der Waals surface area contributed by atoms with E-state index in [2.05, 4.69) is 149 Å². The Balaban J connectivity index is 1.12. The van der Waals surface area contributed by atoms with Crippen LogP contribution in [0.25, 0.3) is 92.2 Å². The summed E-state index contributed by atoms with van der Waals surface area (Å²) in [4.78, 5) is 7.30. The van der Waals surface area contributed by atoms with Crippen LogP contribution in [-0.2, 0) is 0 Å². The van der Waals surface area contributed by atoms with Gasteiger partial charge in [0.1, 0.15) is 16.7 Å². The Hall–Kier alpha value is -7.15. The molecule has 0 aliphatic carbocycles. The lowest BCUT2D eigenvalue weighted by molar-refractivity contribution is 0.617. The summed E-state index contributed by atoms with van der Waals surface area (Å²) in [5, 5.41) is 6.96. The van der Waals surface area contributed by atoms with Crippen LogP contribution in [0.1, 0.15) is 0 Å². The van der Waals surface area contributed by atoms with Gasteiger partial charge in [0.05, 0.1) is 16.7 Å². The van der Waals surface area contributed by atoms with Crippen LogP contribution in [0.3, 0.4) is 0 Å². The molecule has 258 valence electrons. The molecule has 0 saturated heterocycles. The summed E-state index contributed by atoms with van der Waals surface area (Å²) in [6, 6.07) is 62.2. The second kappa shape index (κ2) is 11.7. The van der Waals surface area contributed by atoms with Gasteiger partial charge in [0, 0.05) is 70.4 Å². The first-order valence-corrected chi connectivity index (χ1v) is 19.2. The zero-order chi connectivity index (χ0) is 36.0. The summed E-state index contributed by atoms with van der Waals surface area (Å²) in [6.45, 7) is 0. The minimum Gasteiger partial charge on any atom is -0.456 e. The van der Waals surface area contributed by atoms with Gasteiger partial charge in [0.25, 0.3) is 0 Å². The van der Waals surface area contributed by atoms with Gasteiger partial charge >= 0.3 is 0 Å². The average Bonchev–Trinajstić information content (AvgIpc) is 4.01. The van der Waals surface area contributed by atoms with Crippen LogP contribution in [0, 0.1) is 0 Å². The van der Waals surface area contributed by atoms with Crippen LogP contribution < -0.4 is 4.90 Å². The molecule has 12 aromatic rings. The third kappa shape index (κ3) is 4.62. The van der Waals surface area contributed by atoms with Gasteiger partial charge in [-0.3, -0.25) is 0 Å². The van der Waals surface area contributed by atoms with Gasteiger partial charge in [-0.2, -0.15) is 0 Å². The van der Waals surface area contributed by atoms with Crippen LogP contribution in [-0.4, -0.2) is 9.55 Å². The number of thiophene rings is 1. The fourth-order valence-corrected chi connectivity index (χ4v) is 9.49. The molecule has 0 unspecified atom stereocenters. The summed E-state index contributed by atoms with van der Waals surface area (Å²) in [7, 11) is 0. The molecule has 0 bridgehead atoms. The first-order chi connectivity index (χ1) is 27.2. The van der Waals surface area contributed by atoms with E-state index in [9.17, 15) is 0 Å². The number of rotatable bonds is 5. The number of oxazole rings is 1. The van der Waals surface area contributed by atoms with Crippen LogP contribution >= 0.6 is 11.3 Å². The lowest BCUT2D eigenvalue weighted by Crippen LogP contribution is -2.10. The van der Waals surface area contributed by atoms with Crippen molar-refractivity contribution in [3.05, 3.63) is 176 Å². The van der Waals surface area contributed by atoms with E-state index in [4.69, 9.17) is 13.8 Å². The molecule has 0 fully saturated rings. The van der Waals surface area contributed by atoms with Gasteiger partial charge in [-0.15, -0.1) is 11.3 Å². The lowest BCUT2D eigenvalue weighted by Gasteiger charge is -2.26. The highest BCUT2D eigenvalue weighted by molar-refractivity contribution is 7.25. The van der Waals surface area contributed by atoms with Crippen molar-refractivity contribution in [2.24, 2.45) is 0 Å². The van der Waals surface area contributed by atoms with Gasteiger partial charge in [-0.25, -0.2) is 4.98 Å². The maximum atomic E-state index is 6.49. The molecule has 0 aliphatic heterocycles. The molecule has 4 heterocycles. The molecule has 4 aromatic heterocycles. The molecule has 12 rings (SSSR count). The van der Waals surface area contributed by atoms with E-state index in [1.54, 1.807) is 0 Å². The smallest absolute Gasteiger partial charge is 0.227 e. The molecular formula is C49H29N3O2S. The highest BCUT2D eigenvalue weighted by Crippen LogP contribution is 2.47. The summed E-state index contributed by atoms with van der Waals surface area (Å²) < 4.78 is 17.6. The van der Waals surface area contributed by atoms with Crippen molar-refractivity contribution < 1.29 is 8.83 Å². The molecule has 0 radical (unpaired) electrons. The zero-order valence-corrected chi connectivity index (χ0v) is 30.1. The predicted molar refractivity (Wildman–Crippen MR) is 229 cm³/mol. The van der Waals surface area contributed by atoms with Crippen molar-refractivity contribution >= 4 is 103 Å². The van der Waals surface area contributed by atoms with Gasteiger partial charge < -0.3 is 18.3 Å². The fourth-order valence-electron chi connectivity index (χ4n) is 8.35. The Morgan fingerprint density at radius 1 is 0.473 bits per heavy atom. The SMILES string of the molecule is c1ccc(-c2nc3cc4c(cc3o2)oc2ccc(N(c3ccc5c(c3)sc3ccccc35)c3cccc5c3c3ccccc3n5-c3ccccc3)cc24)cc1. The number of hydrogen-bond acceptors (Lipinski definition) is 5. The quantitative estimate of drug-likeness (QED) is 0.177. The number of aromatic nitrogens is 2. The highest BCUT2D eigenvalue weighted by atomic mass is 32.1. The summed E-state index contributed by atoms with van der Waals surface area (Å²) >= 11 is 1.84. The molecule has 5 nitrogen and oxygen atoms in total. The number of para-hydroxylation sites is 2. The molecule has 0 saturated carbocycles. The van der Waals surface area contributed by atoms with Crippen molar-refractivity contribution in [2.75, 3.05) is 4.90 Å². The Kier molecular flexibility index (Phi) is 6.44. The van der Waals surface area contributed by atoms with E-state index in [1.807, 2.05) is 47.7 Å². The Morgan fingerprint density at radius 3 is 2.07 bits per heavy atom. The molecule has 6 heteroatoms. The van der Waals surface area contributed by atoms with Crippen molar-refractivity contribution in [2.45, 2.75) is 0 Å². The summed E-state index contributed by atoms with van der Waals surface area (Å²) in [5.74, 6) is 0.596. The van der Waals surface area contributed by atoms with E-state index in [1.165, 1.54) is 36.5 Å². The summed E-state index contributed by atoms with van der Waals surface area (Å²) in [6.07, 6.45) is 0. The third-order valence-corrected chi connectivity index (χ3v) is 11.9. The largest absolute Gasteiger partial charge is 0.456 e. The van der Waals surface area contributed by atoms with Gasteiger partial charge in [0.15, 0.2) is 5.58 Å². The topological polar surface area (TPSA) is 47.3 Å². The molecule has 0 N–H and O–H groups in total. The Bertz CT molecular complexity index is 3450. The highest BCUT2D eigenvalue weighted by Gasteiger charge is 2.23. The van der Waals surface area contributed by atoms with Crippen molar-refractivity contribution in [3.8, 4) is 17.1 Å². The van der Waals surface area contributed by atoms with E-state index < -0.39 is 0 Å². The van der Waals surface area contributed by atoms with Crippen LogP contribution in [0.2, 0.25) is 0 Å². The maximum absolute atomic E-state index is 6.49. The first kappa shape index (κ1) is 30.3. The minimum atomic E-state index is 0.596. The molecule has 0 aliphatic rings. The fraction of sp³-hybridized carbons (Fsp3) is 0. The standard InChI is InChI=1S/C49H29N3O2S/c1-3-12-30(13-4-1)49-50-39-28-38-37-26-32(23-25-43(37)53-44(38)29-45(39)54-49)51(33-22-24-35-34-16-8-10-21-46(34)55-47(35)27-33)41-19-11-20-42-48(41)36-17-7-9-18-40(36)52(42)31-14-5-2-6-15-31/h1-29H. The van der Waals surface area contributed by atoms with E-state index in [-0.39, 0.29) is 0 Å². The minimum absolute atomic E-state index is 0.596. The number of benzene rings is 8. The molecule has 55 heavy (non-hydrogen) atoms. The van der Waals surface area contributed by atoms with Gasteiger partial charge in [-0.05, 0) is 84.9 Å². The normalized spacial score (nSPS) is 12.0. The van der Waals surface area contributed by atoms with Crippen molar-refractivity contribution in [3.63, 3.8) is 0 Å². The van der Waals surface area contributed by atoms with Gasteiger partial charge in [-0.1, -0.05) is 84.9 Å². The number of nitrogens with zero attached hydrogens (tertiary/aromatic N) is 3. The second-order valence-corrected chi connectivity index (χ2v) is 15.0. The number of hydrogen-bond donors (Lipinski definition) is 0. The number of furan rings is 1. The maximum Gasteiger partial charge on any atom is 0.227 e. The van der Waals surface area contributed by atoms with E-state index in [0.717, 1.165) is 61.3 Å². The van der Waals surface area contributed by atoms with Crippen LogP contribution in [0.4, 0.5) is 17.1 Å². The molecule has 0 atom stereocenters. The van der Waals surface area contributed by atoms with Crippen LogP contribution in [0.5, 0.6) is 0 Å². The molecule has 0 spiro atoms. The zero-order valence-electron chi connectivity index (χ0n) is 29.3. The van der Waals surface area contributed by atoms with Crippen molar-refractivity contribution in [1.29, 1.82) is 0 Å². The monoisotopic (exact) mass is 723 g/mol. The lowest BCUT2D eigenvalue weighted by atomic mass is 10.1. The van der Waals surface area contributed by atoms with Crippen LogP contribution in [0.15, 0.2) is 185 Å². The molecular weight excluding hydrogens is 695 g/mol. The van der Waals surface area contributed by atoms with Gasteiger partial charge in [0.2, 0.25) is 5.89 Å². The molecule has 8 aromatic carbocycles. The van der Waals surface area contributed by atoms with E-state index >= 15 is 0 Å². The first-order valence-electron chi connectivity index (χ1n) is 18.4. The van der Waals surface area contributed by atoms with E-state index in [0.29, 0.717) is 11.5 Å². The summed E-state index contributed by atoms with van der Waals surface area (Å²) in [5.41, 5.74) is 10.7. The number of fused-ring (bicyclic) bond motifs is 10. The third-order valence-electron chi connectivity index (χ3n) is 10.8. The Labute approximate surface area is 318 Å².